The lowest BCUT2D eigenvalue weighted by atomic mass is 9.75. The molecule has 5 nitrogen and oxygen atoms in total. The van der Waals surface area contributed by atoms with Crippen LogP contribution in [0.5, 0.6) is 0 Å². The number of hydrogen-bond acceptors (Lipinski definition) is 4. The monoisotopic (exact) mass is 343 g/mol. The first-order chi connectivity index (χ1) is 12.0. The maximum absolute atomic E-state index is 12.7. The number of rotatable bonds is 5. The van der Waals surface area contributed by atoms with E-state index in [1.165, 1.54) is 6.42 Å². The minimum absolute atomic E-state index is 0.0363. The Labute approximate surface area is 149 Å². The number of esters is 1. The Balaban J connectivity index is 1.76. The van der Waals surface area contributed by atoms with Crippen molar-refractivity contribution in [3.63, 3.8) is 0 Å². The van der Waals surface area contributed by atoms with Crippen molar-refractivity contribution in [1.82, 2.24) is 14.5 Å². The summed E-state index contributed by atoms with van der Waals surface area (Å²) in [5.41, 5.74) is 1.59. The Morgan fingerprint density at radius 1 is 1.40 bits per heavy atom. The zero-order chi connectivity index (χ0) is 18.0. The molecule has 3 atom stereocenters. The molecule has 0 saturated heterocycles. The lowest BCUT2D eigenvalue weighted by Gasteiger charge is -2.36. The van der Waals surface area contributed by atoms with Gasteiger partial charge in [-0.25, -0.2) is 9.97 Å². The average Bonchev–Trinajstić information content (AvgIpc) is 2.92. The molecule has 0 aromatic carbocycles. The molecule has 0 bridgehead atoms. The third-order valence-corrected chi connectivity index (χ3v) is 5.45. The molecule has 1 aliphatic carbocycles. The number of aromatic nitrogens is 3. The molecule has 5 heteroatoms. The predicted octanol–water partition coefficient (Wildman–Crippen LogP) is 4.00. The van der Waals surface area contributed by atoms with Gasteiger partial charge in [-0.2, -0.15) is 0 Å². The molecule has 0 spiro atoms. The van der Waals surface area contributed by atoms with Crippen molar-refractivity contribution < 1.29 is 9.53 Å². The Morgan fingerprint density at radius 2 is 2.20 bits per heavy atom. The smallest absolute Gasteiger partial charge is 0.326 e. The fourth-order valence-electron chi connectivity index (χ4n) is 4.04. The van der Waals surface area contributed by atoms with Gasteiger partial charge in [0.1, 0.15) is 18.5 Å². The van der Waals surface area contributed by atoms with Crippen LogP contribution in [0.15, 0.2) is 18.3 Å². The summed E-state index contributed by atoms with van der Waals surface area (Å²) in [5, 5.41) is 0. The molecule has 0 radical (unpaired) electrons. The molecule has 25 heavy (non-hydrogen) atoms. The molecule has 136 valence electrons. The van der Waals surface area contributed by atoms with Gasteiger partial charge < -0.3 is 9.30 Å². The summed E-state index contributed by atoms with van der Waals surface area (Å²) < 4.78 is 7.90. The molecule has 1 aliphatic rings. The first-order valence-corrected chi connectivity index (χ1v) is 9.49. The Kier molecular flexibility index (Phi) is 5.40. The highest BCUT2D eigenvalue weighted by Gasteiger charge is 2.33. The molecule has 2 aromatic heterocycles. The van der Waals surface area contributed by atoms with E-state index in [2.05, 4.69) is 30.7 Å². The maximum Gasteiger partial charge on any atom is 0.326 e. The van der Waals surface area contributed by atoms with Gasteiger partial charge in [0.05, 0.1) is 5.52 Å². The van der Waals surface area contributed by atoms with Gasteiger partial charge in [-0.3, -0.25) is 4.79 Å². The molecule has 2 aromatic rings. The van der Waals surface area contributed by atoms with E-state index < -0.39 is 0 Å². The van der Waals surface area contributed by atoms with Gasteiger partial charge in [-0.05, 0) is 42.7 Å². The highest BCUT2D eigenvalue weighted by molar-refractivity contribution is 5.76. The van der Waals surface area contributed by atoms with Crippen molar-refractivity contribution in [3.8, 4) is 0 Å². The van der Waals surface area contributed by atoms with Gasteiger partial charge in [-0.1, -0.05) is 34.1 Å². The van der Waals surface area contributed by atoms with E-state index in [-0.39, 0.29) is 18.6 Å². The maximum atomic E-state index is 12.7. The number of imidazole rings is 1. The third kappa shape index (κ3) is 3.86. The molecule has 0 aliphatic heterocycles. The minimum atomic E-state index is -0.164. The normalized spacial score (nSPS) is 24.0. The summed E-state index contributed by atoms with van der Waals surface area (Å²) in [6.07, 6.45) is 5.88. The fraction of sp³-hybridized carbons (Fsp3) is 0.650. The standard InChI is InChI=1S/C20H29N3O2/c1-5-18-22-20-16(7-6-10-21-20)23(18)12-19(24)25-17-11-14(4)8-9-15(17)13(2)3/h6-7,10,13-15,17H,5,8-9,11-12H2,1-4H3/t14?,15?,17-/m1/s1. The van der Waals surface area contributed by atoms with Gasteiger partial charge in [-0.15, -0.1) is 0 Å². The summed E-state index contributed by atoms with van der Waals surface area (Å²) in [5.74, 6) is 2.34. The summed E-state index contributed by atoms with van der Waals surface area (Å²) in [4.78, 5) is 21.5. The van der Waals surface area contributed by atoms with Crippen molar-refractivity contribution >= 4 is 17.1 Å². The largest absolute Gasteiger partial charge is 0.461 e. The molecule has 3 rings (SSSR count). The van der Waals surface area contributed by atoms with Crippen LogP contribution < -0.4 is 0 Å². The number of hydrogen-bond donors (Lipinski definition) is 0. The van der Waals surface area contributed by atoms with E-state index in [1.807, 2.05) is 23.6 Å². The second kappa shape index (κ2) is 7.54. The van der Waals surface area contributed by atoms with Gasteiger partial charge in [0, 0.05) is 12.6 Å². The lowest BCUT2D eigenvalue weighted by Crippen LogP contribution is -2.36. The van der Waals surface area contributed by atoms with E-state index in [1.54, 1.807) is 6.20 Å². The Morgan fingerprint density at radius 3 is 2.92 bits per heavy atom. The second-order valence-electron chi connectivity index (χ2n) is 7.67. The van der Waals surface area contributed by atoms with Crippen LogP contribution in [0.3, 0.4) is 0 Å². The molecule has 2 heterocycles. The second-order valence-corrected chi connectivity index (χ2v) is 7.67. The van der Waals surface area contributed by atoms with Gasteiger partial charge in [0.15, 0.2) is 5.65 Å². The zero-order valence-electron chi connectivity index (χ0n) is 15.7. The number of carbonyl (C=O) groups is 1. The summed E-state index contributed by atoms with van der Waals surface area (Å²) in [6.45, 7) is 8.96. The van der Waals surface area contributed by atoms with Crippen LogP contribution in [0.4, 0.5) is 0 Å². The zero-order valence-corrected chi connectivity index (χ0v) is 15.7. The van der Waals surface area contributed by atoms with Crippen LogP contribution in [0.1, 0.15) is 52.8 Å². The van der Waals surface area contributed by atoms with E-state index in [9.17, 15) is 4.79 Å². The van der Waals surface area contributed by atoms with E-state index in [4.69, 9.17) is 4.74 Å². The molecule has 2 unspecified atom stereocenters. The van der Waals surface area contributed by atoms with Crippen LogP contribution in [0.25, 0.3) is 11.2 Å². The van der Waals surface area contributed by atoms with Crippen molar-refractivity contribution in [2.45, 2.75) is 66.0 Å². The van der Waals surface area contributed by atoms with Crippen molar-refractivity contribution in [1.29, 1.82) is 0 Å². The topological polar surface area (TPSA) is 57.0 Å². The number of pyridine rings is 1. The molecule has 1 saturated carbocycles. The number of fused-ring (bicyclic) bond motifs is 1. The van der Waals surface area contributed by atoms with E-state index >= 15 is 0 Å². The fourth-order valence-corrected chi connectivity index (χ4v) is 4.04. The van der Waals surface area contributed by atoms with E-state index in [0.717, 1.165) is 30.6 Å². The van der Waals surface area contributed by atoms with Crippen molar-refractivity contribution in [2.24, 2.45) is 17.8 Å². The van der Waals surface area contributed by atoms with Gasteiger partial charge in [0.25, 0.3) is 0 Å². The summed E-state index contributed by atoms with van der Waals surface area (Å²) >= 11 is 0. The van der Waals surface area contributed by atoms with Crippen LogP contribution in [-0.2, 0) is 22.5 Å². The molecule has 0 N–H and O–H groups in total. The Hall–Kier alpha value is -1.91. The Bertz CT molecular complexity index is 738. The van der Waals surface area contributed by atoms with Gasteiger partial charge >= 0.3 is 5.97 Å². The average molecular weight is 343 g/mol. The lowest BCUT2D eigenvalue weighted by molar-refractivity contribution is -0.156. The van der Waals surface area contributed by atoms with Gasteiger partial charge in [0.2, 0.25) is 0 Å². The highest BCUT2D eigenvalue weighted by atomic mass is 16.5. The van der Waals surface area contributed by atoms with Crippen LogP contribution in [0.2, 0.25) is 0 Å². The molecular formula is C20H29N3O2. The number of aryl methyl sites for hydroxylation is 1. The van der Waals surface area contributed by atoms with E-state index in [0.29, 0.717) is 23.4 Å². The first-order valence-electron chi connectivity index (χ1n) is 9.49. The minimum Gasteiger partial charge on any atom is -0.461 e. The molecular weight excluding hydrogens is 314 g/mol. The van der Waals surface area contributed by atoms with Crippen LogP contribution in [-0.4, -0.2) is 26.6 Å². The molecule has 0 amide bonds. The first kappa shape index (κ1) is 17.9. The predicted molar refractivity (Wildman–Crippen MR) is 98.1 cm³/mol. The van der Waals surface area contributed by atoms with Crippen LogP contribution in [0, 0.1) is 17.8 Å². The number of ether oxygens (including phenoxy) is 1. The summed E-state index contributed by atoms with van der Waals surface area (Å²) in [6, 6.07) is 3.84. The van der Waals surface area contributed by atoms with Crippen molar-refractivity contribution in [3.05, 3.63) is 24.2 Å². The van der Waals surface area contributed by atoms with Crippen LogP contribution >= 0.6 is 0 Å². The van der Waals surface area contributed by atoms with Crippen molar-refractivity contribution in [2.75, 3.05) is 0 Å². The SMILES string of the molecule is CCc1nc2ncccc2n1CC(=O)O[C@@H]1CC(C)CCC1C(C)C. The molecule has 1 fully saturated rings. The highest BCUT2D eigenvalue weighted by Crippen LogP contribution is 2.35. The number of nitrogens with zero attached hydrogens (tertiary/aromatic N) is 3. The quantitative estimate of drug-likeness (QED) is 0.770. The summed E-state index contributed by atoms with van der Waals surface area (Å²) in [7, 11) is 0. The number of carbonyl (C=O) groups excluding carboxylic acids is 1. The third-order valence-electron chi connectivity index (χ3n) is 5.45.